The lowest BCUT2D eigenvalue weighted by Gasteiger charge is -2.28. The summed E-state index contributed by atoms with van der Waals surface area (Å²) in [5, 5.41) is 0.903. The van der Waals surface area contributed by atoms with Gasteiger partial charge in [-0.3, -0.25) is 4.79 Å². The molecule has 1 fully saturated rings. The normalized spacial score (nSPS) is 22.3. The van der Waals surface area contributed by atoms with E-state index >= 15 is 0 Å². The van der Waals surface area contributed by atoms with Crippen LogP contribution in [-0.4, -0.2) is 42.5 Å². The molecule has 2 rings (SSSR count). The maximum atomic E-state index is 12.9. The zero-order chi connectivity index (χ0) is 17.7. The minimum absolute atomic E-state index is 0.0920. The van der Waals surface area contributed by atoms with Crippen molar-refractivity contribution in [1.82, 2.24) is 4.31 Å². The van der Waals surface area contributed by atoms with E-state index in [9.17, 15) is 13.2 Å². The molecular formula is C17H23NO4S2. The molecule has 1 aliphatic rings. The second-order valence-electron chi connectivity index (χ2n) is 5.82. The Hall–Kier alpha value is -1.31. The van der Waals surface area contributed by atoms with E-state index in [0.29, 0.717) is 5.75 Å². The van der Waals surface area contributed by atoms with Gasteiger partial charge in [0.1, 0.15) is 6.04 Å². The van der Waals surface area contributed by atoms with E-state index in [1.807, 2.05) is 44.2 Å². The largest absolute Gasteiger partial charge is 0.465 e. The number of hydrogen-bond donors (Lipinski definition) is 0. The molecule has 2 unspecified atom stereocenters. The summed E-state index contributed by atoms with van der Waals surface area (Å²) in [6.07, 6.45) is 1.55. The van der Waals surface area contributed by atoms with Crippen molar-refractivity contribution in [2.75, 3.05) is 12.4 Å². The first kappa shape index (κ1) is 19.0. The number of benzene rings is 1. The van der Waals surface area contributed by atoms with Gasteiger partial charge in [0.2, 0.25) is 10.0 Å². The first-order valence-electron chi connectivity index (χ1n) is 7.91. The van der Waals surface area contributed by atoms with E-state index in [0.717, 1.165) is 5.56 Å². The second kappa shape index (κ2) is 8.18. The van der Waals surface area contributed by atoms with Gasteiger partial charge in [-0.2, -0.15) is 4.31 Å². The molecule has 0 aliphatic carbocycles. The second-order valence-corrected chi connectivity index (χ2v) is 8.70. The average molecular weight is 370 g/mol. The molecule has 0 bridgehead atoms. The van der Waals surface area contributed by atoms with Crippen LogP contribution in [0.15, 0.2) is 35.7 Å². The Morgan fingerprint density at radius 1 is 1.38 bits per heavy atom. The van der Waals surface area contributed by atoms with E-state index in [1.165, 1.54) is 21.5 Å². The smallest absolute Gasteiger partial charge is 0.325 e. The van der Waals surface area contributed by atoms with E-state index in [1.54, 1.807) is 13.0 Å². The highest BCUT2D eigenvalue weighted by Gasteiger charge is 2.46. The summed E-state index contributed by atoms with van der Waals surface area (Å²) in [7, 11) is -3.73. The molecule has 24 heavy (non-hydrogen) atoms. The highest BCUT2D eigenvalue weighted by Crippen LogP contribution is 2.37. The van der Waals surface area contributed by atoms with E-state index < -0.39 is 22.0 Å². The number of ether oxygens (including phenoxy) is 1. The van der Waals surface area contributed by atoms with E-state index in [4.69, 9.17) is 4.74 Å². The molecule has 1 aromatic carbocycles. The highest BCUT2D eigenvalue weighted by molar-refractivity contribution is 8.01. The molecule has 1 saturated heterocycles. The van der Waals surface area contributed by atoms with Gasteiger partial charge in [-0.05, 0) is 24.5 Å². The Morgan fingerprint density at radius 3 is 2.62 bits per heavy atom. The molecule has 132 valence electrons. The van der Waals surface area contributed by atoms with Gasteiger partial charge in [0, 0.05) is 11.2 Å². The van der Waals surface area contributed by atoms with Crippen LogP contribution < -0.4 is 0 Å². The van der Waals surface area contributed by atoms with Crippen LogP contribution in [0.2, 0.25) is 0 Å². The number of carbonyl (C=O) groups excluding carboxylic acids is 1. The molecule has 0 saturated carbocycles. The predicted octanol–water partition coefficient (Wildman–Crippen LogP) is 2.95. The molecule has 2 atom stereocenters. The summed E-state index contributed by atoms with van der Waals surface area (Å²) >= 11 is 1.48. The third kappa shape index (κ3) is 4.40. The molecule has 0 amide bonds. The van der Waals surface area contributed by atoms with Gasteiger partial charge < -0.3 is 4.74 Å². The number of hydrogen-bond acceptors (Lipinski definition) is 5. The standard InChI is InChI=1S/C17H23NO4S2/c1-4-22-17(19)15-12-23-16(13(2)3)18(15)24(20,21)11-10-14-8-6-5-7-9-14/h5-11,13,15-16H,4,12H2,1-3H3/b11-10+. The minimum atomic E-state index is -3.73. The van der Waals surface area contributed by atoms with Gasteiger partial charge in [-0.1, -0.05) is 44.2 Å². The zero-order valence-electron chi connectivity index (χ0n) is 14.1. The SMILES string of the molecule is CCOC(=O)C1CSC(C(C)C)N1S(=O)(=O)/C=C/c1ccccc1. The average Bonchev–Trinajstić information content (AvgIpc) is 3.01. The third-order valence-electron chi connectivity index (χ3n) is 3.64. The summed E-state index contributed by atoms with van der Waals surface area (Å²) in [6.45, 7) is 5.86. The van der Waals surface area contributed by atoms with Gasteiger partial charge >= 0.3 is 5.97 Å². The topological polar surface area (TPSA) is 63.7 Å². The van der Waals surface area contributed by atoms with Crippen LogP contribution >= 0.6 is 11.8 Å². The number of carbonyl (C=O) groups is 1. The minimum Gasteiger partial charge on any atom is -0.465 e. The van der Waals surface area contributed by atoms with Crippen molar-refractivity contribution in [3.8, 4) is 0 Å². The molecule has 1 heterocycles. The Morgan fingerprint density at radius 2 is 2.04 bits per heavy atom. The number of sulfonamides is 1. The van der Waals surface area contributed by atoms with Gasteiger partial charge in [0.15, 0.2) is 0 Å². The number of rotatable bonds is 6. The molecule has 0 aromatic heterocycles. The summed E-state index contributed by atoms with van der Waals surface area (Å²) < 4.78 is 32.1. The molecule has 5 nitrogen and oxygen atoms in total. The lowest BCUT2D eigenvalue weighted by atomic mass is 10.2. The first-order chi connectivity index (χ1) is 11.4. The van der Waals surface area contributed by atoms with Gasteiger partial charge in [-0.15, -0.1) is 11.8 Å². The van der Waals surface area contributed by atoms with Crippen molar-refractivity contribution in [3.05, 3.63) is 41.3 Å². The van der Waals surface area contributed by atoms with Crippen LogP contribution in [0.4, 0.5) is 0 Å². The predicted molar refractivity (Wildman–Crippen MR) is 97.7 cm³/mol. The number of thioether (sulfide) groups is 1. The summed E-state index contributed by atoms with van der Waals surface area (Å²) in [6, 6.07) is 8.44. The number of esters is 1. The van der Waals surface area contributed by atoms with Gasteiger partial charge in [0.25, 0.3) is 0 Å². The quantitative estimate of drug-likeness (QED) is 0.722. The number of nitrogens with zero attached hydrogens (tertiary/aromatic N) is 1. The summed E-state index contributed by atoms with van der Waals surface area (Å²) in [5.74, 6) is 0.0271. The fourth-order valence-electron chi connectivity index (χ4n) is 2.53. The molecule has 0 radical (unpaired) electrons. The monoisotopic (exact) mass is 369 g/mol. The van der Waals surface area contributed by atoms with Crippen molar-refractivity contribution < 1.29 is 17.9 Å². The maximum absolute atomic E-state index is 12.9. The third-order valence-corrected chi connectivity index (χ3v) is 6.94. The van der Waals surface area contributed by atoms with Gasteiger partial charge in [0.05, 0.1) is 12.0 Å². The van der Waals surface area contributed by atoms with Crippen molar-refractivity contribution in [3.63, 3.8) is 0 Å². The Bertz CT molecular complexity index is 686. The molecule has 1 aliphatic heterocycles. The molecule has 0 spiro atoms. The van der Waals surface area contributed by atoms with Crippen LogP contribution in [0.3, 0.4) is 0 Å². The maximum Gasteiger partial charge on any atom is 0.325 e. The van der Waals surface area contributed by atoms with Crippen LogP contribution in [0.5, 0.6) is 0 Å². The fourth-order valence-corrected chi connectivity index (χ4v) is 6.04. The van der Waals surface area contributed by atoms with Crippen molar-refractivity contribution in [1.29, 1.82) is 0 Å². The highest BCUT2D eigenvalue weighted by atomic mass is 32.2. The van der Waals surface area contributed by atoms with Crippen molar-refractivity contribution >= 4 is 33.8 Å². The first-order valence-corrected chi connectivity index (χ1v) is 10.5. The van der Waals surface area contributed by atoms with Crippen LogP contribution in [0.25, 0.3) is 6.08 Å². The molecule has 1 aromatic rings. The Kier molecular flexibility index (Phi) is 6.48. The van der Waals surface area contributed by atoms with Crippen LogP contribution in [0, 0.1) is 5.92 Å². The van der Waals surface area contributed by atoms with Crippen LogP contribution in [0.1, 0.15) is 26.3 Å². The molecular weight excluding hydrogens is 346 g/mol. The lowest BCUT2D eigenvalue weighted by Crippen LogP contribution is -2.46. The zero-order valence-corrected chi connectivity index (χ0v) is 15.7. The molecule has 0 N–H and O–H groups in total. The van der Waals surface area contributed by atoms with E-state index in [-0.39, 0.29) is 17.9 Å². The molecule has 7 heteroatoms. The van der Waals surface area contributed by atoms with Crippen molar-refractivity contribution in [2.24, 2.45) is 5.92 Å². The lowest BCUT2D eigenvalue weighted by molar-refractivity contribution is -0.146. The van der Waals surface area contributed by atoms with Crippen LogP contribution in [-0.2, 0) is 19.6 Å². The fraction of sp³-hybridized carbons (Fsp3) is 0.471. The van der Waals surface area contributed by atoms with Gasteiger partial charge in [-0.25, -0.2) is 8.42 Å². The summed E-state index contributed by atoms with van der Waals surface area (Å²) in [5.41, 5.74) is 0.793. The Balaban J connectivity index is 2.31. The Labute approximate surface area is 148 Å². The summed E-state index contributed by atoms with van der Waals surface area (Å²) in [4.78, 5) is 12.2. The van der Waals surface area contributed by atoms with E-state index in [2.05, 4.69) is 0 Å². The van der Waals surface area contributed by atoms with Crippen molar-refractivity contribution in [2.45, 2.75) is 32.2 Å².